The summed E-state index contributed by atoms with van der Waals surface area (Å²) in [6.45, 7) is 2.65. The van der Waals surface area contributed by atoms with Gasteiger partial charge in [0, 0.05) is 36.2 Å². The molecule has 0 spiro atoms. The monoisotopic (exact) mass is 377 g/mol. The van der Waals surface area contributed by atoms with Crippen LogP contribution in [-0.2, 0) is 11.2 Å². The van der Waals surface area contributed by atoms with Gasteiger partial charge in [0.1, 0.15) is 0 Å². The van der Waals surface area contributed by atoms with Crippen LogP contribution in [0.1, 0.15) is 27.9 Å². The van der Waals surface area contributed by atoms with Gasteiger partial charge in [-0.15, -0.1) is 0 Å². The Bertz CT molecular complexity index is 1040. The van der Waals surface area contributed by atoms with E-state index in [2.05, 4.69) is 15.6 Å². The normalized spacial score (nSPS) is 10.6. The second-order valence-corrected chi connectivity index (χ2v) is 6.69. The summed E-state index contributed by atoms with van der Waals surface area (Å²) in [5.41, 5.74) is 2.88. The first kappa shape index (κ1) is 19.4. The molecule has 0 aliphatic carbocycles. The van der Waals surface area contributed by atoms with Crippen molar-refractivity contribution in [1.82, 2.24) is 15.6 Å². The van der Waals surface area contributed by atoms with Gasteiger partial charge in [-0.05, 0) is 48.6 Å². The van der Waals surface area contributed by atoms with Gasteiger partial charge < -0.3 is 15.6 Å². The fourth-order valence-corrected chi connectivity index (χ4v) is 2.95. The van der Waals surface area contributed by atoms with E-state index in [9.17, 15) is 14.4 Å². The second kappa shape index (κ2) is 8.99. The number of nitrogens with one attached hydrogen (secondary N) is 3. The highest BCUT2D eigenvalue weighted by Crippen LogP contribution is 2.13. The Labute approximate surface area is 163 Å². The summed E-state index contributed by atoms with van der Waals surface area (Å²) in [6.07, 6.45) is 0.578. The van der Waals surface area contributed by atoms with E-state index in [0.717, 1.165) is 16.5 Å². The quantitative estimate of drug-likeness (QED) is 0.552. The predicted molar refractivity (Wildman–Crippen MR) is 109 cm³/mol. The van der Waals surface area contributed by atoms with Crippen molar-refractivity contribution in [2.45, 2.75) is 19.8 Å². The number of carbonyl (C=O) groups excluding carboxylic acids is 2. The zero-order valence-electron chi connectivity index (χ0n) is 15.7. The lowest BCUT2D eigenvalue weighted by Crippen LogP contribution is -2.34. The third-order valence-corrected chi connectivity index (χ3v) is 4.47. The van der Waals surface area contributed by atoms with Crippen molar-refractivity contribution in [3.8, 4) is 0 Å². The van der Waals surface area contributed by atoms with Crippen LogP contribution in [-0.4, -0.2) is 29.9 Å². The summed E-state index contributed by atoms with van der Waals surface area (Å²) in [7, 11) is 0. The molecule has 3 aromatic rings. The highest BCUT2D eigenvalue weighted by Gasteiger charge is 2.08. The fourth-order valence-electron chi connectivity index (χ4n) is 2.95. The summed E-state index contributed by atoms with van der Waals surface area (Å²) in [5.74, 6) is -0.329. The van der Waals surface area contributed by atoms with Crippen LogP contribution in [0.3, 0.4) is 0 Å². The van der Waals surface area contributed by atoms with Crippen molar-refractivity contribution in [3.63, 3.8) is 0 Å². The molecule has 1 heterocycles. The third-order valence-electron chi connectivity index (χ3n) is 4.47. The van der Waals surface area contributed by atoms with E-state index in [-0.39, 0.29) is 23.8 Å². The van der Waals surface area contributed by atoms with Crippen LogP contribution in [0.25, 0.3) is 10.9 Å². The highest BCUT2D eigenvalue weighted by atomic mass is 16.2. The Balaban J connectivity index is 1.45. The second-order valence-electron chi connectivity index (χ2n) is 6.69. The van der Waals surface area contributed by atoms with Crippen LogP contribution < -0.4 is 16.2 Å². The summed E-state index contributed by atoms with van der Waals surface area (Å²) in [4.78, 5) is 39.0. The Morgan fingerprint density at radius 1 is 0.964 bits per heavy atom. The van der Waals surface area contributed by atoms with E-state index in [1.54, 1.807) is 24.3 Å². The molecule has 0 aliphatic rings. The van der Waals surface area contributed by atoms with Crippen molar-refractivity contribution in [1.29, 1.82) is 0 Å². The van der Waals surface area contributed by atoms with Crippen LogP contribution in [0.4, 0.5) is 0 Å². The van der Waals surface area contributed by atoms with Crippen LogP contribution in [0.2, 0.25) is 0 Å². The Hall–Kier alpha value is -3.41. The molecule has 3 rings (SSSR count). The maximum Gasteiger partial charge on any atom is 0.251 e. The van der Waals surface area contributed by atoms with Crippen LogP contribution in [0, 0.1) is 6.92 Å². The Kier molecular flexibility index (Phi) is 6.22. The van der Waals surface area contributed by atoms with E-state index in [1.165, 1.54) is 0 Å². The highest BCUT2D eigenvalue weighted by molar-refractivity contribution is 5.94. The molecule has 2 amide bonds. The van der Waals surface area contributed by atoms with E-state index in [4.69, 9.17) is 0 Å². The number of aryl methyl sites for hydroxylation is 2. The largest absolute Gasteiger partial charge is 0.354 e. The molecule has 6 heteroatoms. The number of carbonyl (C=O) groups is 2. The molecule has 0 bridgehead atoms. The zero-order valence-corrected chi connectivity index (χ0v) is 15.7. The minimum atomic E-state index is -0.173. The van der Waals surface area contributed by atoms with Gasteiger partial charge in [-0.1, -0.05) is 30.3 Å². The summed E-state index contributed by atoms with van der Waals surface area (Å²) >= 11 is 0. The van der Waals surface area contributed by atoms with Gasteiger partial charge in [-0.2, -0.15) is 0 Å². The SMILES string of the molecule is Cc1ccc2cc(CCC(=O)NCCNC(=O)c3ccccc3)c(=O)[nH]c2c1. The average Bonchev–Trinajstić information content (AvgIpc) is 2.70. The molecular formula is C22H23N3O3. The maximum atomic E-state index is 12.2. The molecule has 0 saturated heterocycles. The van der Waals surface area contributed by atoms with Gasteiger partial charge in [0.25, 0.3) is 11.5 Å². The molecule has 0 atom stereocenters. The average molecular weight is 377 g/mol. The third kappa shape index (κ3) is 5.07. The molecule has 2 aromatic carbocycles. The first-order valence-corrected chi connectivity index (χ1v) is 9.25. The summed E-state index contributed by atoms with van der Waals surface area (Å²) < 4.78 is 0. The molecule has 0 radical (unpaired) electrons. The lowest BCUT2D eigenvalue weighted by atomic mass is 10.1. The molecule has 0 saturated carbocycles. The summed E-state index contributed by atoms with van der Waals surface area (Å²) in [5, 5.41) is 6.46. The van der Waals surface area contributed by atoms with Gasteiger partial charge in [0.15, 0.2) is 0 Å². The van der Waals surface area contributed by atoms with Crippen LogP contribution >= 0.6 is 0 Å². The Morgan fingerprint density at radius 2 is 1.71 bits per heavy atom. The molecule has 0 aliphatic heterocycles. The van der Waals surface area contributed by atoms with Gasteiger partial charge in [0.2, 0.25) is 5.91 Å². The number of amides is 2. The number of aromatic amines is 1. The standard InChI is InChI=1S/C22H23N3O3/c1-15-7-8-17-14-18(22(28)25-19(17)13-15)9-10-20(26)23-11-12-24-21(27)16-5-3-2-4-6-16/h2-8,13-14H,9-12H2,1H3,(H,23,26)(H,24,27)(H,25,28). The van der Waals surface area contributed by atoms with Crippen molar-refractivity contribution < 1.29 is 9.59 Å². The molecule has 3 N–H and O–H groups in total. The Morgan fingerprint density at radius 3 is 2.50 bits per heavy atom. The minimum absolute atomic E-state index is 0.155. The molecule has 144 valence electrons. The number of fused-ring (bicyclic) bond motifs is 1. The maximum absolute atomic E-state index is 12.2. The minimum Gasteiger partial charge on any atom is -0.354 e. The number of hydrogen-bond acceptors (Lipinski definition) is 3. The number of pyridine rings is 1. The number of aromatic nitrogens is 1. The van der Waals surface area contributed by atoms with E-state index in [0.29, 0.717) is 30.6 Å². The van der Waals surface area contributed by atoms with E-state index < -0.39 is 0 Å². The van der Waals surface area contributed by atoms with Gasteiger partial charge >= 0.3 is 0 Å². The fraction of sp³-hybridized carbons (Fsp3) is 0.227. The van der Waals surface area contributed by atoms with Crippen LogP contribution in [0.5, 0.6) is 0 Å². The van der Waals surface area contributed by atoms with Gasteiger partial charge in [0.05, 0.1) is 0 Å². The molecule has 28 heavy (non-hydrogen) atoms. The lowest BCUT2D eigenvalue weighted by molar-refractivity contribution is -0.121. The zero-order chi connectivity index (χ0) is 19.9. The van der Waals surface area contributed by atoms with Crippen molar-refractivity contribution in [2.24, 2.45) is 0 Å². The first-order chi connectivity index (χ1) is 13.5. The predicted octanol–water partition coefficient (Wildman–Crippen LogP) is 2.32. The molecule has 6 nitrogen and oxygen atoms in total. The van der Waals surface area contributed by atoms with Crippen LogP contribution in [0.15, 0.2) is 59.4 Å². The van der Waals surface area contributed by atoms with Crippen molar-refractivity contribution in [3.05, 3.63) is 81.6 Å². The number of rotatable bonds is 7. The molecule has 1 aromatic heterocycles. The number of benzene rings is 2. The topological polar surface area (TPSA) is 91.1 Å². The van der Waals surface area contributed by atoms with Gasteiger partial charge in [-0.3, -0.25) is 14.4 Å². The molecular weight excluding hydrogens is 354 g/mol. The number of hydrogen-bond donors (Lipinski definition) is 3. The summed E-state index contributed by atoms with van der Waals surface area (Å²) in [6, 6.07) is 16.6. The van der Waals surface area contributed by atoms with Crippen molar-refractivity contribution >= 4 is 22.7 Å². The van der Waals surface area contributed by atoms with E-state index in [1.807, 2.05) is 37.3 Å². The smallest absolute Gasteiger partial charge is 0.251 e. The number of H-pyrrole nitrogens is 1. The van der Waals surface area contributed by atoms with Crippen molar-refractivity contribution in [2.75, 3.05) is 13.1 Å². The molecule has 0 fully saturated rings. The van der Waals surface area contributed by atoms with Gasteiger partial charge in [-0.25, -0.2) is 0 Å². The first-order valence-electron chi connectivity index (χ1n) is 9.25. The van der Waals surface area contributed by atoms with E-state index >= 15 is 0 Å². The lowest BCUT2D eigenvalue weighted by Gasteiger charge is -2.08. The molecule has 0 unspecified atom stereocenters.